The lowest BCUT2D eigenvalue weighted by Gasteiger charge is -2.14. The minimum absolute atomic E-state index is 0.151. The van der Waals surface area contributed by atoms with Crippen molar-refractivity contribution in [2.75, 3.05) is 6.54 Å². The average Bonchev–Trinajstić information content (AvgIpc) is 2.75. The van der Waals surface area contributed by atoms with Gasteiger partial charge in [0.1, 0.15) is 6.33 Å². The summed E-state index contributed by atoms with van der Waals surface area (Å²) in [6, 6.07) is -1.01. The van der Waals surface area contributed by atoms with Crippen LogP contribution in [0.3, 0.4) is 0 Å². The van der Waals surface area contributed by atoms with E-state index in [4.69, 9.17) is 5.73 Å². The number of hydrogen-bond donors (Lipinski definition) is 3. The first-order valence-corrected chi connectivity index (χ1v) is 5.75. The Kier molecular flexibility index (Phi) is 5.09. The summed E-state index contributed by atoms with van der Waals surface area (Å²) < 4.78 is 1.88. The second kappa shape index (κ2) is 6.58. The van der Waals surface area contributed by atoms with Crippen LogP contribution in [0.25, 0.3) is 0 Å². The van der Waals surface area contributed by atoms with Crippen molar-refractivity contribution in [3.8, 4) is 0 Å². The van der Waals surface area contributed by atoms with Gasteiger partial charge < -0.3 is 20.9 Å². The quantitative estimate of drug-likeness (QED) is 0.636. The fourth-order valence-electron chi connectivity index (χ4n) is 1.54. The molecule has 3 amide bonds. The average molecular weight is 254 g/mol. The first kappa shape index (κ1) is 13.9. The van der Waals surface area contributed by atoms with Gasteiger partial charge in [-0.05, 0) is 13.3 Å². The summed E-state index contributed by atoms with van der Waals surface area (Å²) in [4.78, 5) is 21.9. The molecule has 0 fully saturated rings. The first-order valence-electron chi connectivity index (χ1n) is 5.75. The largest absolute Gasteiger partial charge is 0.352 e. The van der Waals surface area contributed by atoms with Gasteiger partial charge in [-0.2, -0.15) is 0 Å². The van der Waals surface area contributed by atoms with Gasteiger partial charge in [0.15, 0.2) is 5.82 Å². The molecule has 0 radical (unpaired) electrons. The number of nitrogens with two attached hydrogens (primary N) is 1. The molecule has 8 heteroatoms. The van der Waals surface area contributed by atoms with Gasteiger partial charge in [0.25, 0.3) is 0 Å². The number of hydrogen-bond acceptors (Lipinski definition) is 4. The number of primary amides is 1. The molecule has 100 valence electrons. The van der Waals surface area contributed by atoms with Gasteiger partial charge in [-0.1, -0.05) is 6.92 Å². The fourth-order valence-corrected chi connectivity index (χ4v) is 1.54. The Labute approximate surface area is 105 Å². The Balaban J connectivity index is 2.53. The predicted molar refractivity (Wildman–Crippen MR) is 64.5 cm³/mol. The van der Waals surface area contributed by atoms with Crippen molar-refractivity contribution < 1.29 is 9.59 Å². The standard InChI is InChI=1S/C10H18N6O2/c1-3-4-16-6-13-15-9(16)7(2)14-8(17)5-12-10(11)18/h6-7H,3-5H2,1-2H3,(H,14,17)(H3,11,12,18). The van der Waals surface area contributed by atoms with E-state index in [9.17, 15) is 9.59 Å². The molecule has 0 saturated carbocycles. The molecule has 1 aromatic rings. The van der Waals surface area contributed by atoms with Gasteiger partial charge in [-0.3, -0.25) is 4.79 Å². The Morgan fingerprint density at radius 1 is 1.56 bits per heavy atom. The lowest BCUT2D eigenvalue weighted by Crippen LogP contribution is -2.40. The number of nitrogens with one attached hydrogen (secondary N) is 2. The van der Waals surface area contributed by atoms with Crippen LogP contribution >= 0.6 is 0 Å². The SMILES string of the molecule is CCCn1cnnc1C(C)NC(=O)CNC(N)=O. The maximum absolute atomic E-state index is 11.5. The molecule has 4 N–H and O–H groups in total. The van der Waals surface area contributed by atoms with Gasteiger partial charge >= 0.3 is 6.03 Å². The van der Waals surface area contributed by atoms with Crippen LogP contribution in [0.1, 0.15) is 32.1 Å². The molecule has 18 heavy (non-hydrogen) atoms. The third-order valence-corrected chi connectivity index (χ3v) is 2.30. The molecule has 8 nitrogen and oxygen atoms in total. The third-order valence-electron chi connectivity index (χ3n) is 2.30. The van der Waals surface area contributed by atoms with Crippen molar-refractivity contribution in [1.29, 1.82) is 0 Å². The van der Waals surface area contributed by atoms with E-state index in [1.165, 1.54) is 0 Å². The van der Waals surface area contributed by atoms with Gasteiger partial charge in [-0.15, -0.1) is 10.2 Å². The highest BCUT2D eigenvalue weighted by atomic mass is 16.2. The molecule has 0 aliphatic heterocycles. The van der Waals surface area contributed by atoms with Crippen LogP contribution in [-0.4, -0.2) is 33.2 Å². The molecule has 0 spiro atoms. The second-order valence-corrected chi connectivity index (χ2v) is 3.89. The molecule has 1 rings (SSSR count). The molecular weight excluding hydrogens is 236 g/mol. The summed E-state index contributed by atoms with van der Waals surface area (Å²) in [5, 5.41) is 12.7. The van der Waals surface area contributed by atoms with Gasteiger partial charge in [0.2, 0.25) is 5.91 Å². The van der Waals surface area contributed by atoms with E-state index in [0.717, 1.165) is 13.0 Å². The van der Waals surface area contributed by atoms with E-state index in [2.05, 4.69) is 20.8 Å². The van der Waals surface area contributed by atoms with Crippen LogP contribution in [0.5, 0.6) is 0 Å². The highest BCUT2D eigenvalue weighted by molar-refractivity contribution is 5.83. The minimum Gasteiger partial charge on any atom is -0.352 e. The van der Waals surface area contributed by atoms with Crippen molar-refractivity contribution in [3.63, 3.8) is 0 Å². The van der Waals surface area contributed by atoms with Crippen molar-refractivity contribution in [2.45, 2.75) is 32.9 Å². The molecular formula is C10H18N6O2. The van der Waals surface area contributed by atoms with Crippen LogP contribution in [0.2, 0.25) is 0 Å². The van der Waals surface area contributed by atoms with Crippen molar-refractivity contribution in [3.05, 3.63) is 12.2 Å². The Morgan fingerprint density at radius 3 is 2.89 bits per heavy atom. The summed E-state index contributed by atoms with van der Waals surface area (Å²) in [5.74, 6) is 0.358. The number of carbonyl (C=O) groups excluding carboxylic acids is 2. The smallest absolute Gasteiger partial charge is 0.312 e. The topological polar surface area (TPSA) is 115 Å². The Hall–Kier alpha value is -2.12. The summed E-state index contributed by atoms with van der Waals surface area (Å²) in [7, 11) is 0. The van der Waals surface area contributed by atoms with E-state index >= 15 is 0 Å². The molecule has 0 saturated heterocycles. The molecule has 1 unspecified atom stereocenters. The van der Waals surface area contributed by atoms with Crippen molar-refractivity contribution in [2.24, 2.45) is 5.73 Å². The minimum atomic E-state index is -0.730. The Morgan fingerprint density at radius 2 is 2.28 bits per heavy atom. The van der Waals surface area contributed by atoms with E-state index in [0.29, 0.717) is 5.82 Å². The molecule has 1 heterocycles. The first-order chi connectivity index (χ1) is 8.54. The van der Waals surface area contributed by atoms with E-state index in [-0.39, 0.29) is 18.5 Å². The number of aromatic nitrogens is 3. The molecule has 0 aliphatic rings. The number of carbonyl (C=O) groups is 2. The zero-order valence-electron chi connectivity index (χ0n) is 10.5. The maximum atomic E-state index is 11.5. The lowest BCUT2D eigenvalue weighted by molar-refractivity contribution is -0.120. The molecule has 1 atom stereocenters. The van der Waals surface area contributed by atoms with Crippen LogP contribution in [0.15, 0.2) is 6.33 Å². The maximum Gasteiger partial charge on any atom is 0.312 e. The normalized spacial score (nSPS) is 11.9. The number of amides is 3. The molecule has 0 bridgehead atoms. The van der Waals surface area contributed by atoms with Crippen LogP contribution < -0.4 is 16.4 Å². The van der Waals surface area contributed by atoms with Crippen LogP contribution in [-0.2, 0) is 11.3 Å². The van der Waals surface area contributed by atoms with E-state index in [1.54, 1.807) is 13.3 Å². The lowest BCUT2D eigenvalue weighted by atomic mass is 10.3. The fraction of sp³-hybridized carbons (Fsp3) is 0.600. The second-order valence-electron chi connectivity index (χ2n) is 3.89. The molecule has 1 aromatic heterocycles. The van der Waals surface area contributed by atoms with E-state index < -0.39 is 6.03 Å². The van der Waals surface area contributed by atoms with Crippen LogP contribution in [0, 0.1) is 0 Å². The zero-order valence-corrected chi connectivity index (χ0v) is 10.5. The van der Waals surface area contributed by atoms with Gasteiger partial charge in [-0.25, -0.2) is 4.79 Å². The van der Waals surface area contributed by atoms with Crippen molar-refractivity contribution in [1.82, 2.24) is 25.4 Å². The molecule has 0 aromatic carbocycles. The summed E-state index contributed by atoms with van der Waals surface area (Å²) >= 11 is 0. The zero-order chi connectivity index (χ0) is 13.5. The number of nitrogens with zero attached hydrogens (tertiary/aromatic N) is 3. The Bertz CT molecular complexity index is 416. The van der Waals surface area contributed by atoms with E-state index in [1.807, 2.05) is 11.5 Å². The number of rotatable bonds is 6. The monoisotopic (exact) mass is 254 g/mol. The van der Waals surface area contributed by atoms with Gasteiger partial charge in [0, 0.05) is 6.54 Å². The highest BCUT2D eigenvalue weighted by Crippen LogP contribution is 2.08. The van der Waals surface area contributed by atoms with Crippen molar-refractivity contribution >= 4 is 11.9 Å². The summed E-state index contributed by atoms with van der Waals surface area (Å²) in [6.45, 7) is 4.49. The number of urea groups is 1. The van der Waals surface area contributed by atoms with Gasteiger partial charge in [0.05, 0.1) is 12.6 Å². The summed E-state index contributed by atoms with van der Waals surface area (Å²) in [5.41, 5.74) is 4.87. The van der Waals surface area contributed by atoms with Crippen LogP contribution in [0.4, 0.5) is 4.79 Å². The highest BCUT2D eigenvalue weighted by Gasteiger charge is 2.15. The third kappa shape index (κ3) is 4.04. The molecule has 0 aliphatic carbocycles. The number of aryl methyl sites for hydroxylation is 1. The predicted octanol–water partition coefficient (Wildman–Crippen LogP) is -0.466. The summed E-state index contributed by atoms with van der Waals surface area (Å²) in [6.07, 6.45) is 2.58.